The molecule has 1 aliphatic heterocycles. The van der Waals surface area contributed by atoms with Crippen LogP contribution in [-0.2, 0) is 21.3 Å². The third kappa shape index (κ3) is 6.02. The van der Waals surface area contributed by atoms with E-state index in [0.717, 1.165) is 41.8 Å². The van der Waals surface area contributed by atoms with Crippen molar-refractivity contribution in [2.24, 2.45) is 7.05 Å². The predicted octanol–water partition coefficient (Wildman–Crippen LogP) is 4.26. The molecule has 198 valence electrons. The molecule has 8 heteroatoms. The molecule has 2 aromatic rings. The molecule has 8 nitrogen and oxygen atoms in total. The van der Waals surface area contributed by atoms with E-state index in [1.165, 1.54) is 13.5 Å². The highest BCUT2D eigenvalue weighted by Gasteiger charge is 2.31. The van der Waals surface area contributed by atoms with E-state index in [1.54, 1.807) is 43.5 Å². The summed E-state index contributed by atoms with van der Waals surface area (Å²) in [6.07, 6.45) is 10.6. The Balaban J connectivity index is 1.54. The van der Waals surface area contributed by atoms with E-state index < -0.39 is 5.60 Å². The number of anilines is 2. The maximum atomic E-state index is 12.9. The van der Waals surface area contributed by atoms with Gasteiger partial charge >= 0.3 is 0 Å². The number of carbonyl (C=O) groups excluding carboxylic acids is 1. The SMILES string of the molecule is COC(C)(C)C(=O)N(C)c1ccc([C@H]2CN(c3nc(C4=C/CCCC/C=C\4)cc(=O)n3C)CCO2)cc1. The zero-order valence-corrected chi connectivity index (χ0v) is 22.6. The molecular formula is C29H38N4O4. The van der Waals surface area contributed by atoms with Gasteiger partial charge in [-0.25, -0.2) is 4.98 Å². The minimum atomic E-state index is -0.903. The van der Waals surface area contributed by atoms with Crippen LogP contribution in [0.25, 0.3) is 5.57 Å². The zero-order chi connectivity index (χ0) is 26.6. The number of hydrogen-bond acceptors (Lipinski definition) is 6. The quantitative estimate of drug-likeness (QED) is 0.583. The highest BCUT2D eigenvalue weighted by Crippen LogP contribution is 2.28. The maximum absolute atomic E-state index is 12.9. The molecule has 0 spiro atoms. The number of ether oxygens (including phenoxy) is 2. The van der Waals surface area contributed by atoms with Crippen LogP contribution < -0.4 is 15.4 Å². The van der Waals surface area contributed by atoms with Crippen molar-refractivity contribution in [3.63, 3.8) is 0 Å². The molecule has 0 saturated carbocycles. The van der Waals surface area contributed by atoms with Gasteiger partial charge in [0.25, 0.3) is 11.5 Å². The van der Waals surface area contributed by atoms with E-state index in [9.17, 15) is 9.59 Å². The van der Waals surface area contributed by atoms with Crippen molar-refractivity contribution >= 4 is 23.1 Å². The van der Waals surface area contributed by atoms with Gasteiger partial charge in [0.1, 0.15) is 11.7 Å². The first-order valence-electron chi connectivity index (χ1n) is 13.0. The lowest BCUT2D eigenvalue weighted by molar-refractivity contribution is -0.136. The highest BCUT2D eigenvalue weighted by atomic mass is 16.5. The Bertz CT molecular complexity index is 1230. The summed E-state index contributed by atoms with van der Waals surface area (Å²) in [5.41, 5.74) is 2.54. The fourth-order valence-corrected chi connectivity index (χ4v) is 4.64. The van der Waals surface area contributed by atoms with Crippen LogP contribution in [0.2, 0.25) is 0 Å². The van der Waals surface area contributed by atoms with E-state index in [2.05, 4.69) is 23.1 Å². The van der Waals surface area contributed by atoms with Crippen LogP contribution >= 0.6 is 0 Å². The van der Waals surface area contributed by atoms with Crippen molar-refractivity contribution < 1.29 is 14.3 Å². The molecule has 0 radical (unpaired) electrons. The van der Waals surface area contributed by atoms with E-state index in [4.69, 9.17) is 14.5 Å². The van der Waals surface area contributed by atoms with Gasteiger partial charge in [0.15, 0.2) is 0 Å². The summed E-state index contributed by atoms with van der Waals surface area (Å²) in [5, 5.41) is 0. The molecule has 1 aromatic carbocycles. The lowest BCUT2D eigenvalue weighted by atomic mass is 10.0. The van der Waals surface area contributed by atoms with Gasteiger partial charge in [0.2, 0.25) is 5.95 Å². The third-order valence-electron chi connectivity index (χ3n) is 7.23. The summed E-state index contributed by atoms with van der Waals surface area (Å²) in [6.45, 7) is 5.26. The molecule has 0 N–H and O–H groups in total. The first-order valence-corrected chi connectivity index (χ1v) is 13.0. The van der Waals surface area contributed by atoms with Crippen LogP contribution in [0.15, 0.2) is 53.4 Å². The molecule has 37 heavy (non-hydrogen) atoms. The minimum absolute atomic E-state index is 0.0737. The van der Waals surface area contributed by atoms with E-state index in [1.807, 2.05) is 24.3 Å². The first-order chi connectivity index (χ1) is 17.7. The number of morpholine rings is 1. The zero-order valence-electron chi connectivity index (χ0n) is 22.6. The Kier molecular flexibility index (Phi) is 8.29. The van der Waals surface area contributed by atoms with E-state index in [0.29, 0.717) is 25.6 Å². The predicted molar refractivity (Wildman–Crippen MR) is 147 cm³/mol. The Morgan fingerprint density at radius 3 is 2.65 bits per heavy atom. The number of carbonyl (C=O) groups is 1. The monoisotopic (exact) mass is 506 g/mol. The number of benzene rings is 1. The average Bonchev–Trinajstić information content (AvgIpc) is 2.89. The second-order valence-corrected chi connectivity index (χ2v) is 10.2. The van der Waals surface area contributed by atoms with Gasteiger partial charge < -0.3 is 19.3 Å². The van der Waals surface area contributed by atoms with Crippen molar-refractivity contribution in [1.82, 2.24) is 9.55 Å². The molecule has 4 rings (SSSR count). The molecular weight excluding hydrogens is 468 g/mol. The summed E-state index contributed by atoms with van der Waals surface area (Å²) in [7, 11) is 5.05. The summed E-state index contributed by atoms with van der Waals surface area (Å²) >= 11 is 0. The molecule has 1 atom stereocenters. The van der Waals surface area contributed by atoms with Gasteiger partial charge in [-0.15, -0.1) is 0 Å². The smallest absolute Gasteiger partial charge is 0.258 e. The van der Waals surface area contributed by atoms with Crippen LogP contribution in [0.4, 0.5) is 11.6 Å². The summed E-state index contributed by atoms with van der Waals surface area (Å²) in [4.78, 5) is 34.3. The normalized spacial score (nSPS) is 20.9. The molecule has 0 bridgehead atoms. The molecule has 1 amide bonds. The minimum Gasteiger partial charge on any atom is -0.370 e. The molecule has 2 aliphatic rings. The Hall–Kier alpha value is -3.23. The molecule has 1 aliphatic carbocycles. The van der Waals surface area contributed by atoms with Gasteiger partial charge in [0.05, 0.1) is 18.8 Å². The Morgan fingerprint density at radius 1 is 1.19 bits per heavy atom. The molecule has 2 heterocycles. The number of likely N-dealkylation sites (N-methyl/N-ethyl adjacent to an activating group) is 1. The van der Waals surface area contributed by atoms with Gasteiger partial charge in [-0.2, -0.15) is 0 Å². The Labute approximate surface area is 219 Å². The van der Waals surface area contributed by atoms with Gasteiger partial charge in [-0.1, -0.05) is 30.4 Å². The molecule has 1 saturated heterocycles. The summed E-state index contributed by atoms with van der Waals surface area (Å²) in [5.74, 6) is 0.528. The summed E-state index contributed by atoms with van der Waals surface area (Å²) < 4.78 is 13.1. The molecule has 1 fully saturated rings. The molecule has 1 aromatic heterocycles. The largest absolute Gasteiger partial charge is 0.370 e. The highest BCUT2D eigenvalue weighted by molar-refractivity contribution is 5.98. The molecule has 0 unspecified atom stereocenters. The fraction of sp³-hybridized carbons (Fsp3) is 0.483. The number of allylic oxidation sites excluding steroid dienone is 4. The van der Waals surface area contributed by atoms with Gasteiger partial charge in [-0.3, -0.25) is 14.2 Å². The van der Waals surface area contributed by atoms with Crippen LogP contribution in [0.1, 0.15) is 56.9 Å². The van der Waals surface area contributed by atoms with E-state index >= 15 is 0 Å². The van der Waals surface area contributed by atoms with Crippen LogP contribution in [0, 0.1) is 0 Å². The Morgan fingerprint density at radius 2 is 1.92 bits per heavy atom. The number of aromatic nitrogens is 2. The number of amides is 1. The van der Waals surface area contributed by atoms with Gasteiger partial charge in [0, 0.05) is 39.5 Å². The van der Waals surface area contributed by atoms with E-state index in [-0.39, 0.29) is 17.6 Å². The van der Waals surface area contributed by atoms with Crippen LogP contribution in [0.3, 0.4) is 0 Å². The van der Waals surface area contributed by atoms with Crippen molar-refractivity contribution in [2.75, 3.05) is 43.7 Å². The van der Waals surface area contributed by atoms with Crippen molar-refractivity contribution in [3.05, 3.63) is 70.2 Å². The van der Waals surface area contributed by atoms with Crippen molar-refractivity contribution in [3.8, 4) is 0 Å². The van der Waals surface area contributed by atoms with Crippen molar-refractivity contribution in [2.45, 2.75) is 51.2 Å². The van der Waals surface area contributed by atoms with Crippen LogP contribution in [-0.4, -0.2) is 54.9 Å². The fourth-order valence-electron chi connectivity index (χ4n) is 4.64. The first kappa shape index (κ1) is 26.8. The third-order valence-corrected chi connectivity index (χ3v) is 7.23. The van der Waals surface area contributed by atoms with Crippen molar-refractivity contribution in [1.29, 1.82) is 0 Å². The second-order valence-electron chi connectivity index (χ2n) is 10.2. The average molecular weight is 507 g/mol. The second kappa shape index (κ2) is 11.4. The number of rotatable bonds is 6. The maximum Gasteiger partial charge on any atom is 0.258 e. The number of methoxy groups -OCH3 is 1. The van der Waals surface area contributed by atoms with Gasteiger partial charge in [-0.05, 0) is 62.8 Å². The standard InChI is InChI=1S/C29H38N4O4/c1-29(2,36-5)27(35)31(3)23-15-13-22(14-16-23)25-20-33(17-18-37-25)28-30-24(19-26(34)32(28)4)21-11-9-7-6-8-10-12-21/h9,11-16,19,25H,6-8,10,17-18,20H2,1-5H3/b11-9-,21-12+/t25-/m1/s1. The lowest BCUT2D eigenvalue weighted by Gasteiger charge is -2.35. The summed E-state index contributed by atoms with van der Waals surface area (Å²) in [6, 6.07) is 9.44. The lowest BCUT2D eigenvalue weighted by Crippen LogP contribution is -2.44. The van der Waals surface area contributed by atoms with Crippen LogP contribution in [0.5, 0.6) is 0 Å². The number of hydrogen-bond donors (Lipinski definition) is 0. The topological polar surface area (TPSA) is 76.9 Å². The number of nitrogens with zero attached hydrogens (tertiary/aromatic N) is 4.